The Bertz CT molecular complexity index is 926. The van der Waals surface area contributed by atoms with Crippen LogP contribution in [0.1, 0.15) is 66.6 Å². The van der Waals surface area contributed by atoms with Crippen molar-refractivity contribution in [3.63, 3.8) is 0 Å². The predicted octanol–water partition coefficient (Wildman–Crippen LogP) is 3.39. The number of Topliss-reactive ketones (excluding diaryl/α,β-unsaturated/α-hetero) is 1. The van der Waals surface area contributed by atoms with Crippen molar-refractivity contribution in [2.75, 3.05) is 14.2 Å². The molecule has 1 aromatic carbocycles. The van der Waals surface area contributed by atoms with E-state index in [0.717, 1.165) is 11.1 Å². The number of methoxy groups -OCH3 is 2. The van der Waals surface area contributed by atoms with E-state index in [4.69, 9.17) is 14.2 Å². The zero-order valence-electron chi connectivity index (χ0n) is 18.6. The quantitative estimate of drug-likeness (QED) is 0.315. The predicted molar refractivity (Wildman–Crippen MR) is 111 cm³/mol. The van der Waals surface area contributed by atoms with E-state index in [1.54, 1.807) is 0 Å². The summed E-state index contributed by atoms with van der Waals surface area (Å²) in [5.74, 6) is -1.01. The van der Waals surface area contributed by atoms with E-state index in [9.17, 15) is 19.2 Å². The summed E-state index contributed by atoms with van der Waals surface area (Å²) < 4.78 is 21.0. The van der Waals surface area contributed by atoms with Crippen molar-refractivity contribution < 1.29 is 38.1 Å². The molecule has 1 aliphatic heterocycles. The van der Waals surface area contributed by atoms with Gasteiger partial charge in [0.05, 0.1) is 20.6 Å². The molecule has 0 N–H and O–H groups in total. The molecule has 0 radical (unpaired) electrons. The number of carbonyl (C=O) groups is 4. The number of esters is 3. The second-order valence-corrected chi connectivity index (χ2v) is 7.40. The molecule has 2 rings (SSSR count). The summed E-state index contributed by atoms with van der Waals surface area (Å²) in [6, 6.07) is 0. The van der Waals surface area contributed by atoms with E-state index in [2.05, 4.69) is 4.74 Å². The molecule has 168 valence electrons. The first-order valence-electron chi connectivity index (χ1n) is 10.0. The SMILES string of the molecule is COC(=O)CC/C(C)=C/Cc1c(OC)c(C)c2c(c1OC(=O)CCC(C)=O)C(=O)OC2. The average molecular weight is 432 g/mol. The molecule has 0 unspecified atom stereocenters. The molecule has 1 aliphatic rings. The summed E-state index contributed by atoms with van der Waals surface area (Å²) in [5, 5.41) is 0. The van der Waals surface area contributed by atoms with Crippen LogP contribution in [0.2, 0.25) is 0 Å². The summed E-state index contributed by atoms with van der Waals surface area (Å²) in [6.07, 6.45) is 2.92. The first-order chi connectivity index (χ1) is 14.7. The van der Waals surface area contributed by atoms with Crippen LogP contribution in [0, 0.1) is 6.92 Å². The number of fused-ring (bicyclic) bond motifs is 1. The van der Waals surface area contributed by atoms with E-state index < -0.39 is 11.9 Å². The van der Waals surface area contributed by atoms with Crippen LogP contribution < -0.4 is 9.47 Å². The lowest BCUT2D eigenvalue weighted by atomic mass is 9.94. The van der Waals surface area contributed by atoms with Gasteiger partial charge in [0.15, 0.2) is 5.75 Å². The maximum atomic E-state index is 12.4. The summed E-state index contributed by atoms with van der Waals surface area (Å²) >= 11 is 0. The highest BCUT2D eigenvalue weighted by Gasteiger charge is 2.34. The average Bonchev–Trinajstić information content (AvgIpc) is 3.12. The van der Waals surface area contributed by atoms with Crippen LogP contribution in [0.3, 0.4) is 0 Å². The number of allylic oxidation sites excluding steroid dienone is 2. The second-order valence-electron chi connectivity index (χ2n) is 7.40. The normalized spacial score (nSPS) is 12.8. The fraction of sp³-hybridized carbons (Fsp3) is 0.478. The zero-order chi connectivity index (χ0) is 23.1. The highest BCUT2D eigenvalue weighted by Crippen LogP contribution is 2.43. The Morgan fingerprint density at radius 1 is 1.00 bits per heavy atom. The van der Waals surface area contributed by atoms with Crippen LogP contribution in [-0.2, 0) is 36.9 Å². The molecule has 0 amide bonds. The Morgan fingerprint density at radius 3 is 2.29 bits per heavy atom. The molecule has 8 heteroatoms. The first-order valence-corrected chi connectivity index (χ1v) is 10.0. The Labute approximate surface area is 181 Å². The van der Waals surface area contributed by atoms with E-state index in [-0.39, 0.29) is 48.9 Å². The van der Waals surface area contributed by atoms with E-state index in [1.807, 2.05) is 19.9 Å². The molecule has 0 spiro atoms. The zero-order valence-corrected chi connectivity index (χ0v) is 18.6. The molecule has 0 atom stereocenters. The maximum Gasteiger partial charge on any atom is 0.342 e. The minimum Gasteiger partial charge on any atom is -0.496 e. The van der Waals surface area contributed by atoms with Gasteiger partial charge in [-0.25, -0.2) is 4.79 Å². The number of carbonyl (C=O) groups excluding carboxylic acids is 4. The Morgan fingerprint density at radius 2 is 1.68 bits per heavy atom. The maximum absolute atomic E-state index is 12.4. The Kier molecular flexibility index (Phi) is 8.36. The van der Waals surface area contributed by atoms with Crippen LogP contribution in [0.15, 0.2) is 11.6 Å². The molecule has 0 saturated heterocycles. The number of hydrogen-bond donors (Lipinski definition) is 0. The molecule has 0 bridgehead atoms. The van der Waals surface area contributed by atoms with Gasteiger partial charge in [0.2, 0.25) is 0 Å². The third-order valence-corrected chi connectivity index (χ3v) is 5.13. The van der Waals surface area contributed by atoms with Crippen molar-refractivity contribution in [1.82, 2.24) is 0 Å². The summed E-state index contributed by atoms with van der Waals surface area (Å²) in [4.78, 5) is 47.4. The highest BCUT2D eigenvalue weighted by atomic mass is 16.6. The summed E-state index contributed by atoms with van der Waals surface area (Å²) in [5.41, 5.74) is 3.03. The molecule has 0 saturated carbocycles. The van der Waals surface area contributed by atoms with Crippen LogP contribution >= 0.6 is 0 Å². The standard InChI is InChI=1S/C23H28O8/c1-13(7-10-18(25)28-4)6-9-16-21(29-5)15(3)17-12-30-23(27)20(17)22(16)31-19(26)11-8-14(2)24/h6H,7-12H2,1-5H3/b13-6+. The molecule has 8 nitrogen and oxygen atoms in total. The Hall–Kier alpha value is -3.16. The topological polar surface area (TPSA) is 105 Å². The van der Waals surface area contributed by atoms with Gasteiger partial charge in [-0.2, -0.15) is 0 Å². The van der Waals surface area contributed by atoms with Crippen LogP contribution in [0.25, 0.3) is 0 Å². The lowest BCUT2D eigenvalue weighted by Gasteiger charge is -2.18. The molecule has 31 heavy (non-hydrogen) atoms. The molecular formula is C23H28O8. The van der Waals surface area contributed by atoms with E-state index >= 15 is 0 Å². The highest BCUT2D eigenvalue weighted by molar-refractivity contribution is 5.99. The minimum atomic E-state index is -0.615. The Balaban J connectivity index is 2.44. The van der Waals surface area contributed by atoms with Gasteiger partial charge in [0.25, 0.3) is 0 Å². The van der Waals surface area contributed by atoms with Crippen molar-refractivity contribution in [2.45, 2.75) is 59.5 Å². The van der Waals surface area contributed by atoms with Gasteiger partial charge >= 0.3 is 17.9 Å². The largest absolute Gasteiger partial charge is 0.496 e. The van der Waals surface area contributed by atoms with Crippen molar-refractivity contribution >= 4 is 23.7 Å². The van der Waals surface area contributed by atoms with Crippen LogP contribution in [-0.4, -0.2) is 37.9 Å². The number of ketones is 1. The van der Waals surface area contributed by atoms with Gasteiger partial charge in [-0.3, -0.25) is 9.59 Å². The third kappa shape index (κ3) is 5.93. The fourth-order valence-electron chi connectivity index (χ4n) is 3.35. The molecule has 1 aromatic rings. The number of ether oxygens (including phenoxy) is 4. The number of cyclic esters (lactones) is 1. The van der Waals surface area contributed by atoms with Crippen molar-refractivity contribution in [1.29, 1.82) is 0 Å². The van der Waals surface area contributed by atoms with Gasteiger partial charge in [-0.05, 0) is 39.2 Å². The minimum absolute atomic E-state index is 0.0519. The van der Waals surface area contributed by atoms with Gasteiger partial charge in [0.1, 0.15) is 23.7 Å². The smallest absolute Gasteiger partial charge is 0.342 e. The van der Waals surface area contributed by atoms with E-state index in [1.165, 1.54) is 21.1 Å². The lowest BCUT2D eigenvalue weighted by molar-refractivity contribution is -0.140. The number of benzene rings is 1. The summed E-state index contributed by atoms with van der Waals surface area (Å²) in [7, 11) is 2.84. The monoisotopic (exact) mass is 432 g/mol. The van der Waals surface area contributed by atoms with Crippen LogP contribution in [0.5, 0.6) is 11.5 Å². The number of rotatable bonds is 10. The molecule has 0 aliphatic carbocycles. The van der Waals surface area contributed by atoms with Gasteiger partial charge in [-0.1, -0.05) is 11.6 Å². The summed E-state index contributed by atoms with van der Waals surface area (Å²) in [6.45, 7) is 5.16. The number of hydrogen-bond acceptors (Lipinski definition) is 8. The fourth-order valence-corrected chi connectivity index (χ4v) is 3.35. The van der Waals surface area contributed by atoms with Gasteiger partial charge < -0.3 is 23.7 Å². The van der Waals surface area contributed by atoms with Crippen LogP contribution in [0.4, 0.5) is 0 Å². The van der Waals surface area contributed by atoms with Crippen molar-refractivity contribution in [3.05, 3.63) is 33.9 Å². The van der Waals surface area contributed by atoms with Crippen molar-refractivity contribution in [2.24, 2.45) is 0 Å². The molecular weight excluding hydrogens is 404 g/mol. The van der Waals surface area contributed by atoms with Gasteiger partial charge in [-0.15, -0.1) is 0 Å². The van der Waals surface area contributed by atoms with Crippen molar-refractivity contribution in [3.8, 4) is 11.5 Å². The second kappa shape index (κ2) is 10.7. The van der Waals surface area contributed by atoms with E-state index in [0.29, 0.717) is 29.7 Å². The molecule has 0 aromatic heterocycles. The molecule has 1 heterocycles. The van der Waals surface area contributed by atoms with Gasteiger partial charge in [0, 0.05) is 24.0 Å². The lowest BCUT2D eigenvalue weighted by Crippen LogP contribution is -2.15. The first kappa shape index (κ1) is 24.1. The molecule has 0 fully saturated rings. The third-order valence-electron chi connectivity index (χ3n) is 5.13.